The van der Waals surface area contributed by atoms with E-state index in [0.717, 1.165) is 116 Å². The molecule has 85 heavy (non-hydrogen) atoms. The molecule has 0 aromatic carbocycles. The number of amides is 1. The number of aliphatic hydroxyl groups excluding tert-OH is 1. The molecule has 2 N–H and O–H groups in total. The lowest BCUT2D eigenvalue weighted by atomic mass is 9.91. The summed E-state index contributed by atoms with van der Waals surface area (Å²) in [6.45, 7) is 17.6. The molecule has 1 fully saturated rings. The van der Waals surface area contributed by atoms with Gasteiger partial charge in [0.05, 0.1) is 19.8 Å². The van der Waals surface area contributed by atoms with Crippen LogP contribution in [0.15, 0.2) is 24.3 Å². The second-order valence-corrected chi connectivity index (χ2v) is 26.7. The molecule has 0 aromatic rings. The summed E-state index contributed by atoms with van der Waals surface area (Å²) in [5.41, 5.74) is 0. The van der Waals surface area contributed by atoms with Gasteiger partial charge in [-0.15, -0.1) is 0 Å². The van der Waals surface area contributed by atoms with E-state index in [2.05, 4.69) is 74.0 Å². The molecule has 0 heterocycles. The quantitative estimate of drug-likeness (QED) is 0.0352. The number of hydrogen-bond acceptors (Lipinski definition) is 8. The summed E-state index contributed by atoms with van der Waals surface area (Å²) >= 11 is 0. The first-order valence-corrected chi connectivity index (χ1v) is 37.7. The zero-order valence-corrected chi connectivity index (χ0v) is 57.4. The van der Waals surface area contributed by atoms with Crippen molar-refractivity contribution in [1.29, 1.82) is 0 Å². The number of nitrogens with zero attached hydrogens (tertiary/aromatic N) is 2. The highest BCUT2D eigenvalue weighted by molar-refractivity contribution is 5.75. The molecule has 9 heteroatoms. The zero-order chi connectivity index (χ0) is 61.6. The molecule has 500 valence electrons. The Morgan fingerprint density at radius 1 is 0.435 bits per heavy atom. The SMILES string of the molecule is CCCCC/C=C\C/C=C\CCCCCCCC(=O)OCC(CCCCN(CCN(CCO)CCCCCC(=O)NCC(CCCCCC)CCCCCCCC)C1CCCCCCC1)COC(=O)CC(CCCCCC)CCCCCCCC. The van der Waals surface area contributed by atoms with Crippen molar-refractivity contribution in [2.24, 2.45) is 17.8 Å². The molecular weight excluding hydrogens is 1050 g/mol. The minimum absolute atomic E-state index is 0.00724. The molecule has 0 aliphatic heterocycles. The van der Waals surface area contributed by atoms with Gasteiger partial charge in [0, 0.05) is 57.4 Å². The summed E-state index contributed by atoms with van der Waals surface area (Å²) in [7, 11) is 0. The molecule has 1 saturated carbocycles. The Morgan fingerprint density at radius 2 is 0.871 bits per heavy atom. The van der Waals surface area contributed by atoms with Crippen LogP contribution in [0.25, 0.3) is 0 Å². The second-order valence-electron chi connectivity index (χ2n) is 26.7. The van der Waals surface area contributed by atoms with Crippen molar-refractivity contribution in [3.63, 3.8) is 0 Å². The summed E-state index contributed by atoms with van der Waals surface area (Å²) in [5, 5.41) is 13.5. The van der Waals surface area contributed by atoms with Crippen LogP contribution in [0.2, 0.25) is 0 Å². The fraction of sp³-hybridized carbons (Fsp3) is 0.908. The first-order chi connectivity index (χ1) is 41.8. The maximum Gasteiger partial charge on any atom is 0.306 e. The molecule has 3 atom stereocenters. The lowest BCUT2D eigenvalue weighted by molar-refractivity contribution is -0.150. The third kappa shape index (κ3) is 53.3. The number of carbonyl (C=O) groups is 3. The van der Waals surface area contributed by atoms with Crippen LogP contribution in [0.3, 0.4) is 0 Å². The largest absolute Gasteiger partial charge is 0.465 e. The normalized spacial score (nSPS) is 14.6. The molecular formula is C76H145N3O6. The highest BCUT2D eigenvalue weighted by Crippen LogP contribution is 2.26. The Hall–Kier alpha value is -2.23. The zero-order valence-electron chi connectivity index (χ0n) is 57.4. The van der Waals surface area contributed by atoms with Gasteiger partial charge in [-0.05, 0) is 128 Å². The van der Waals surface area contributed by atoms with E-state index in [1.54, 1.807) is 0 Å². The van der Waals surface area contributed by atoms with Crippen LogP contribution in [0, 0.1) is 17.8 Å². The average Bonchev–Trinajstić information content (AvgIpc) is 3.53. The molecule has 0 radical (unpaired) electrons. The van der Waals surface area contributed by atoms with Crippen molar-refractivity contribution in [3.05, 3.63) is 24.3 Å². The lowest BCUT2D eigenvalue weighted by Gasteiger charge is -2.35. The van der Waals surface area contributed by atoms with Gasteiger partial charge < -0.3 is 19.9 Å². The van der Waals surface area contributed by atoms with Gasteiger partial charge in [-0.2, -0.15) is 0 Å². The third-order valence-corrected chi connectivity index (χ3v) is 18.6. The van der Waals surface area contributed by atoms with E-state index in [1.165, 1.54) is 225 Å². The van der Waals surface area contributed by atoms with Crippen molar-refractivity contribution in [1.82, 2.24) is 15.1 Å². The van der Waals surface area contributed by atoms with E-state index >= 15 is 0 Å². The van der Waals surface area contributed by atoms with Crippen LogP contribution in [0.1, 0.15) is 362 Å². The Labute approximate surface area is 528 Å². The molecule has 0 bridgehead atoms. The molecule has 0 aromatic heterocycles. The standard InChI is InChI=1S/C76H145N3O6/c1-6-11-16-21-24-25-26-27-28-29-30-31-32-38-47-59-75(82)84-68-72(69-85-76(83)66-70(51-40-19-14-9-4)52-42-34-22-17-12-7-2)55-48-50-61-79(73-56-44-36-33-37-45-57-73)63-62-78(64-65-80)60-49-39-46-58-74(81)77-67-71(53-41-20-15-10-5)54-43-35-23-18-13-8-3/h24-25,27-28,70-73,80H,6-23,26,29-69H2,1-5H3,(H,77,81)/b25-24-,28-27-. The van der Waals surface area contributed by atoms with Crippen molar-refractivity contribution in [2.75, 3.05) is 59.1 Å². The fourth-order valence-corrected chi connectivity index (χ4v) is 12.8. The molecule has 1 aliphatic carbocycles. The number of hydrogen-bond donors (Lipinski definition) is 2. The third-order valence-electron chi connectivity index (χ3n) is 18.6. The van der Waals surface area contributed by atoms with Gasteiger partial charge in [0.25, 0.3) is 0 Å². The Morgan fingerprint density at radius 3 is 1.46 bits per heavy atom. The topological polar surface area (TPSA) is 108 Å². The van der Waals surface area contributed by atoms with Crippen LogP contribution in [-0.2, 0) is 23.9 Å². The highest BCUT2D eigenvalue weighted by Gasteiger charge is 2.23. The number of rotatable bonds is 63. The lowest BCUT2D eigenvalue weighted by Crippen LogP contribution is -2.43. The van der Waals surface area contributed by atoms with Gasteiger partial charge in [0.15, 0.2) is 0 Å². The van der Waals surface area contributed by atoms with E-state index in [-0.39, 0.29) is 30.4 Å². The summed E-state index contributed by atoms with van der Waals surface area (Å²) in [6.07, 6.45) is 68.8. The number of allylic oxidation sites excluding steroid dienone is 4. The van der Waals surface area contributed by atoms with Crippen LogP contribution >= 0.6 is 0 Å². The maximum absolute atomic E-state index is 13.6. The van der Waals surface area contributed by atoms with Crippen molar-refractivity contribution < 1.29 is 29.0 Å². The van der Waals surface area contributed by atoms with E-state index in [1.807, 2.05) is 0 Å². The number of esters is 2. The Kier molecular flexibility index (Phi) is 60.2. The van der Waals surface area contributed by atoms with Gasteiger partial charge in [-0.1, -0.05) is 264 Å². The summed E-state index contributed by atoms with van der Waals surface area (Å²) < 4.78 is 12.2. The van der Waals surface area contributed by atoms with Crippen molar-refractivity contribution >= 4 is 17.8 Å². The van der Waals surface area contributed by atoms with Crippen molar-refractivity contribution in [3.8, 4) is 0 Å². The number of aliphatic hydroxyl groups is 1. The summed E-state index contributed by atoms with van der Waals surface area (Å²) in [6, 6.07) is 0.578. The van der Waals surface area contributed by atoms with E-state index in [0.29, 0.717) is 56.9 Å². The van der Waals surface area contributed by atoms with Gasteiger partial charge in [0.2, 0.25) is 5.91 Å². The number of ether oxygens (including phenoxy) is 2. The van der Waals surface area contributed by atoms with Crippen LogP contribution < -0.4 is 5.32 Å². The minimum Gasteiger partial charge on any atom is -0.465 e. The fourth-order valence-electron chi connectivity index (χ4n) is 12.8. The number of carbonyl (C=O) groups excluding carboxylic acids is 3. The van der Waals surface area contributed by atoms with Gasteiger partial charge in [-0.25, -0.2) is 0 Å². The average molecular weight is 1200 g/mol. The van der Waals surface area contributed by atoms with E-state index < -0.39 is 0 Å². The van der Waals surface area contributed by atoms with Gasteiger partial charge >= 0.3 is 11.9 Å². The number of unbranched alkanes of at least 4 members (excludes halogenated alkanes) is 27. The summed E-state index contributed by atoms with van der Waals surface area (Å²) in [4.78, 5) is 45.1. The molecule has 1 aliphatic rings. The smallest absolute Gasteiger partial charge is 0.306 e. The van der Waals surface area contributed by atoms with Gasteiger partial charge in [0.1, 0.15) is 0 Å². The van der Waals surface area contributed by atoms with E-state index in [9.17, 15) is 19.5 Å². The minimum atomic E-state index is -0.118. The van der Waals surface area contributed by atoms with Crippen LogP contribution in [-0.4, -0.2) is 97.9 Å². The highest BCUT2D eigenvalue weighted by atomic mass is 16.5. The Bertz CT molecular complexity index is 1500. The Balaban J connectivity index is 2.87. The first kappa shape index (κ1) is 80.8. The van der Waals surface area contributed by atoms with E-state index in [4.69, 9.17) is 9.47 Å². The van der Waals surface area contributed by atoms with Crippen molar-refractivity contribution in [2.45, 2.75) is 368 Å². The van der Waals surface area contributed by atoms with Crippen LogP contribution in [0.4, 0.5) is 0 Å². The molecule has 1 rings (SSSR count). The predicted octanol–water partition coefficient (Wildman–Crippen LogP) is 21.1. The monoisotopic (exact) mass is 1200 g/mol. The predicted molar refractivity (Wildman–Crippen MR) is 366 cm³/mol. The second kappa shape index (κ2) is 63.3. The summed E-state index contributed by atoms with van der Waals surface area (Å²) in [5.74, 6) is 1.00. The molecule has 3 unspecified atom stereocenters. The molecule has 0 saturated heterocycles. The van der Waals surface area contributed by atoms with Gasteiger partial charge in [-0.3, -0.25) is 24.2 Å². The maximum atomic E-state index is 13.6. The van der Waals surface area contributed by atoms with Crippen LogP contribution in [0.5, 0.6) is 0 Å². The first-order valence-electron chi connectivity index (χ1n) is 37.7. The molecule has 0 spiro atoms. The number of nitrogens with one attached hydrogen (secondary N) is 1. The molecule has 1 amide bonds. The molecule has 9 nitrogen and oxygen atoms in total.